The number of anilines is 1. The number of carbonyl (C=O) groups excluding carboxylic acids is 1. The third kappa shape index (κ3) is 3.13. The Kier molecular flexibility index (Phi) is 3.94. The number of nitrogen functional groups attached to an aromatic ring is 1. The van der Waals surface area contributed by atoms with Gasteiger partial charge < -0.3 is 10.6 Å². The maximum atomic E-state index is 13.3. The molecule has 1 unspecified atom stereocenters. The van der Waals surface area contributed by atoms with Crippen LogP contribution in [-0.2, 0) is 11.3 Å². The summed E-state index contributed by atoms with van der Waals surface area (Å²) in [7, 11) is 0. The summed E-state index contributed by atoms with van der Waals surface area (Å²) in [5.41, 5.74) is 6.71. The first kappa shape index (κ1) is 15.3. The van der Waals surface area contributed by atoms with Crippen LogP contribution in [0.15, 0.2) is 30.5 Å². The van der Waals surface area contributed by atoms with Crippen LogP contribution in [0.2, 0.25) is 0 Å². The molecule has 2 heterocycles. The van der Waals surface area contributed by atoms with Crippen LogP contribution in [0.5, 0.6) is 0 Å². The summed E-state index contributed by atoms with van der Waals surface area (Å²) in [5, 5.41) is 0. The molecule has 0 bridgehead atoms. The smallest absolute Gasteiger partial charge is 0.223 e. The molecular weight excluding hydrogens is 307 g/mol. The minimum absolute atomic E-state index is 0.129. The minimum atomic E-state index is -1.50. The number of pyridine rings is 1. The first-order valence-electron chi connectivity index (χ1n) is 7.06. The highest BCUT2D eigenvalue weighted by Gasteiger charge is 2.31. The number of benzene rings is 1. The van der Waals surface area contributed by atoms with Crippen LogP contribution in [0.4, 0.5) is 19.0 Å². The second-order valence-electron chi connectivity index (χ2n) is 5.56. The lowest BCUT2D eigenvalue weighted by atomic mass is 9.98. The highest BCUT2D eigenvalue weighted by atomic mass is 19.2. The zero-order valence-electron chi connectivity index (χ0n) is 12.1. The van der Waals surface area contributed by atoms with Crippen molar-refractivity contribution < 1.29 is 18.0 Å². The van der Waals surface area contributed by atoms with Gasteiger partial charge in [0, 0.05) is 31.6 Å². The predicted molar refractivity (Wildman–Crippen MR) is 77.7 cm³/mol. The normalized spacial score (nSPS) is 17.8. The number of likely N-dealkylation sites (tertiary alicyclic amines) is 1. The largest absolute Gasteiger partial charge is 0.384 e. The molecule has 120 valence electrons. The zero-order valence-corrected chi connectivity index (χ0v) is 12.1. The van der Waals surface area contributed by atoms with Crippen molar-refractivity contribution in [1.82, 2.24) is 9.88 Å². The SMILES string of the molecule is Nc1cc(CN2CC(c3cc(F)c(F)c(F)c3)CC2=O)ccn1. The lowest BCUT2D eigenvalue weighted by molar-refractivity contribution is -0.128. The van der Waals surface area contributed by atoms with Crippen molar-refractivity contribution in [2.75, 3.05) is 12.3 Å². The standard InChI is InChI=1S/C16H14F3N3O/c17-12-4-10(5-13(18)16(12)19)11-6-15(23)22(8-11)7-9-1-2-21-14(20)3-9/h1-5,11H,6-8H2,(H2,20,21). The second-order valence-corrected chi connectivity index (χ2v) is 5.56. The van der Waals surface area contributed by atoms with Gasteiger partial charge in [0.05, 0.1) is 0 Å². The Balaban J connectivity index is 1.77. The number of carbonyl (C=O) groups is 1. The Morgan fingerprint density at radius 2 is 1.91 bits per heavy atom. The molecule has 1 atom stereocenters. The number of nitrogens with zero attached hydrogens (tertiary/aromatic N) is 2. The molecule has 7 heteroatoms. The molecule has 0 saturated carbocycles. The van der Waals surface area contributed by atoms with Crippen LogP contribution in [0, 0.1) is 17.5 Å². The van der Waals surface area contributed by atoms with Gasteiger partial charge in [0.2, 0.25) is 5.91 Å². The van der Waals surface area contributed by atoms with Crippen molar-refractivity contribution in [3.05, 3.63) is 59.0 Å². The van der Waals surface area contributed by atoms with Crippen molar-refractivity contribution >= 4 is 11.7 Å². The van der Waals surface area contributed by atoms with Crippen molar-refractivity contribution in [2.45, 2.75) is 18.9 Å². The molecule has 0 aliphatic carbocycles. The Morgan fingerprint density at radius 3 is 2.57 bits per heavy atom. The highest BCUT2D eigenvalue weighted by molar-refractivity contribution is 5.79. The first-order valence-corrected chi connectivity index (χ1v) is 7.06. The number of aromatic nitrogens is 1. The van der Waals surface area contributed by atoms with Crippen molar-refractivity contribution in [2.24, 2.45) is 0 Å². The molecule has 1 aromatic carbocycles. The number of amides is 1. The monoisotopic (exact) mass is 321 g/mol. The van der Waals surface area contributed by atoms with E-state index in [1.807, 2.05) is 0 Å². The third-order valence-corrected chi connectivity index (χ3v) is 3.91. The quantitative estimate of drug-likeness (QED) is 0.884. The van der Waals surface area contributed by atoms with E-state index >= 15 is 0 Å². The van der Waals surface area contributed by atoms with E-state index in [9.17, 15) is 18.0 Å². The van der Waals surface area contributed by atoms with Crippen LogP contribution in [-0.4, -0.2) is 22.3 Å². The van der Waals surface area contributed by atoms with Crippen LogP contribution in [0.1, 0.15) is 23.5 Å². The molecule has 1 aliphatic heterocycles. The maximum absolute atomic E-state index is 13.3. The van der Waals surface area contributed by atoms with Gasteiger partial charge in [-0.05, 0) is 35.4 Å². The molecule has 2 aromatic rings. The topological polar surface area (TPSA) is 59.2 Å². The lowest BCUT2D eigenvalue weighted by Crippen LogP contribution is -2.24. The fourth-order valence-electron chi connectivity index (χ4n) is 2.77. The van der Waals surface area contributed by atoms with Crippen LogP contribution >= 0.6 is 0 Å². The van der Waals surface area contributed by atoms with E-state index in [1.54, 1.807) is 23.2 Å². The molecule has 3 rings (SSSR count). The van der Waals surface area contributed by atoms with Crippen LogP contribution in [0.25, 0.3) is 0 Å². The van der Waals surface area contributed by atoms with E-state index in [2.05, 4.69) is 4.98 Å². The summed E-state index contributed by atoms with van der Waals surface area (Å²) >= 11 is 0. The Hall–Kier alpha value is -2.57. The lowest BCUT2D eigenvalue weighted by Gasteiger charge is -2.17. The van der Waals surface area contributed by atoms with Crippen molar-refractivity contribution in [1.29, 1.82) is 0 Å². The Labute approximate surface area is 130 Å². The van der Waals surface area contributed by atoms with Crippen LogP contribution < -0.4 is 5.73 Å². The number of hydrogen-bond acceptors (Lipinski definition) is 3. The van der Waals surface area contributed by atoms with Gasteiger partial charge in [-0.25, -0.2) is 18.2 Å². The van der Waals surface area contributed by atoms with Gasteiger partial charge in [-0.1, -0.05) is 0 Å². The van der Waals surface area contributed by atoms with Crippen LogP contribution in [0.3, 0.4) is 0 Å². The Bertz CT molecular complexity index is 743. The molecule has 4 nitrogen and oxygen atoms in total. The number of hydrogen-bond donors (Lipinski definition) is 1. The van der Waals surface area contributed by atoms with E-state index in [4.69, 9.17) is 5.73 Å². The molecule has 23 heavy (non-hydrogen) atoms. The van der Waals surface area contributed by atoms with Crippen molar-refractivity contribution in [3.63, 3.8) is 0 Å². The fourth-order valence-corrected chi connectivity index (χ4v) is 2.77. The van der Waals surface area contributed by atoms with Gasteiger partial charge in [0.15, 0.2) is 17.5 Å². The average molecular weight is 321 g/mol. The van der Waals surface area contributed by atoms with E-state index in [1.165, 1.54) is 0 Å². The maximum Gasteiger partial charge on any atom is 0.223 e. The van der Waals surface area contributed by atoms with Gasteiger partial charge in [0.25, 0.3) is 0 Å². The molecule has 1 aliphatic rings. The molecule has 1 fully saturated rings. The van der Waals surface area contributed by atoms with Gasteiger partial charge in [0.1, 0.15) is 5.82 Å². The second kappa shape index (κ2) is 5.91. The summed E-state index contributed by atoms with van der Waals surface area (Å²) in [4.78, 5) is 17.6. The molecule has 1 saturated heterocycles. The molecule has 0 spiro atoms. The van der Waals surface area contributed by atoms with Gasteiger partial charge in [-0.2, -0.15) is 0 Å². The molecular formula is C16H14F3N3O. The average Bonchev–Trinajstić information content (AvgIpc) is 2.85. The molecule has 1 aromatic heterocycles. The summed E-state index contributed by atoms with van der Waals surface area (Å²) in [5.74, 6) is -4.13. The summed E-state index contributed by atoms with van der Waals surface area (Å²) in [6, 6.07) is 5.31. The summed E-state index contributed by atoms with van der Waals surface area (Å²) in [6.45, 7) is 0.653. The summed E-state index contributed by atoms with van der Waals surface area (Å²) < 4.78 is 39.7. The van der Waals surface area contributed by atoms with E-state index in [-0.39, 0.29) is 23.8 Å². The number of halogens is 3. The van der Waals surface area contributed by atoms with Gasteiger partial charge in [-0.3, -0.25) is 4.79 Å². The van der Waals surface area contributed by atoms with Crippen molar-refractivity contribution in [3.8, 4) is 0 Å². The third-order valence-electron chi connectivity index (χ3n) is 3.91. The molecule has 1 amide bonds. The van der Waals surface area contributed by atoms with Gasteiger partial charge >= 0.3 is 0 Å². The predicted octanol–water partition coefficient (Wildman–Crippen LogP) is 2.60. The number of rotatable bonds is 3. The van der Waals surface area contributed by atoms with Gasteiger partial charge in [-0.15, -0.1) is 0 Å². The Morgan fingerprint density at radius 1 is 1.22 bits per heavy atom. The van der Waals surface area contributed by atoms with E-state index < -0.39 is 17.5 Å². The fraction of sp³-hybridized carbons (Fsp3) is 0.250. The highest BCUT2D eigenvalue weighted by Crippen LogP contribution is 2.31. The molecule has 2 N–H and O–H groups in total. The van der Waals surface area contributed by atoms with E-state index in [0.717, 1.165) is 17.7 Å². The number of nitrogens with two attached hydrogens (primary N) is 1. The zero-order chi connectivity index (χ0) is 16.6. The first-order chi connectivity index (χ1) is 10.9. The van der Waals surface area contributed by atoms with E-state index in [0.29, 0.717) is 18.9 Å². The molecule has 0 radical (unpaired) electrons. The minimum Gasteiger partial charge on any atom is -0.384 e. The summed E-state index contributed by atoms with van der Waals surface area (Å²) in [6.07, 6.45) is 1.68.